The Labute approximate surface area is 107 Å². The fourth-order valence-corrected chi connectivity index (χ4v) is 2.36. The van der Waals surface area contributed by atoms with Gasteiger partial charge in [0.1, 0.15) is 5.82 Å². The van der Waals surface area contributed by atoms with Crippen LogP contribution in [-0.4, -0.2) is 12.6 Å². The smallest absolute Gasteiger partial charge is 0.141 e. The molecule has 0 bridgehead atoms. The molecule has 1 aromatic rings. The number of rotatable bonds is 6. The van der Waals surface area contributed by atoms with E-state index in [2.05, 4.69) is 12.2 Å². The van der Waals surface area contributed by atoms with Crippen LogP contribution in [0.3, 0.4) is 0 Å². The normalized spacial score (nSPS) is 17.1. The predicted octanol–water partition coefficient (Wildman–Crippen LogP) is 3.80. The van der Waals surface area contributed by atoms with Gasteiger partial charge < -0.3 is 5.32 Å². The Bertz CT molecular complexity index is 376. The van der Waals surface area contributed by atoms with Crippen molar-refractivity contribution in [1.82, 2.24) is 5.32 Å². The van der Waals surface area contributed by atoms with Gasteiger partial charge in [0.05, 0.1) is 5.02 Å². The Morgan fingerprint density at radius 3 is 2.82 bits per heavy atom. The van der Waals surface area contributed by atoms with Crippen LogP contribution in [0.4, 0.5) is 4.39 Å². The maximum atomic E-state index is 13.1. The Kier molecular flexibility index (Phi) is 4.41. The zero-order chi connectivity index (χ0) is 12.3. The van der Waals surface area contributed by atoms with Gasteiger partial charge in [-0.3, -0.25) is 0 Å². The standard InChI is InChI=1S/C14H19ClFN/c1-2-7-17-14(11-4-5-11)9-10-3-6-13(16)12(15)8-10/h3,6,8,11,14,17H,2,4-5,7,9H2,1H3. The van der Waals surface area contributed by atoms with E-state index >= 15 is 0 Å². The van der Waals surface area contributed by atoms with Gasteiger partial charge in [0.25, 0.3) is 0 Å². The lowest BCUT2D eigenvalue weighted by atomic mass is 10.0. The van der Waals surface area contributed by atoms with Crippen molar-refractivity contribution >= 4 is 11.6 Å². The predicted molar refractivity (Wildman–Crippen MR) is 69.9 cm³/mol. The molecule has 1 aliphatic carbocycles. The van der Waals surface area contributed by atoms with E-state index in [0.29, 0.717) is 6.04 Å². The van der Waals surface area contributed by atoms with E-state index in [-0.39, 0.29) is 10.8 Å². The zero-order valence-corrected chi connectivity index (χ0v) is 10.9. The highest BCUT2D eigenvalue weighted by atomic mass is 35.5. The van der Waals surface area contributed by atoms with Crippen molar-refractivity contribution in [3.05, 3.63) is 34.6 Å². The van der Waals surface area contributed by atoms with Gasteiger partial charge in [-0.1, -0.05) is 24.6 Å². The van der Waals surface area contributed by atoms with Crippen LogP contribution in [-0.2, 0) is 6.42 Å². The molecule has 1 atom stereocenters. The van der Waals surface area contributed by atoms with Crippen molar-refractivity contribution in [3.8, 4) is 0 Å². The molecule has 0 saturated heterocycles. The van der Waals surface area contributed by atoms with E-state index in [0.717, 1.165) is 30.9 Å². The van der Waals surface area contributed by atoms with Crippen molar-refractivity contribution < 1.29 is 4.39 Å². The first-order valence-corrected chi connectivity index (χ1v) is 6.75. The van der Waals surface area contributed by atoms with Crippen molar-refractivity contribution in [1.29, 1.82) is 0 Å². The molecule has 3 heteroatoms. The first-order valence-electron chi connectivity index (χ1n) is 6.38. The molecule has 0 aromatic heterocycles. The van der Waals surface area contributed by atoms with Crippen LogP contribution in [0.25, 0.3) is 0 Å². The third-order valence-electron chi connectivity index (χ3n) is 3.29. The van der Waals surface area contributed by atoms with Crippen molar-refractivity contribution in [2.75, 3.05) is 6.54 Å². The summed E-state index contributed by atoms with van der Waals surface area (Å²) < 4.78 is 13.1. The SMILES string of the molecule is CCCNC(Cc1ccc(F)c(Cl)c1)C1CC1. The van der Waals surface area contributed by atoms with Gasteiger partial charge in [-0.15, -0.1) is 0 Å². The quantitative estimate of drug-likeness (QED) is 0.815. The highest BCUT2D eigenvalue weighted by molar-refractivity contribution is 6.30. The summed E-state index contributed by atoms with van der Waals surface area (Å²) in [7, 11) is 0. The van der Waals surface area contributed by atoms with Crippen LogP contribution in [0.1, 0.15) is 31.7 Å². The lowest BCUT2D eigenvalue weighted by Crippen LogP contribution is -2.33. The summed E-state index contributed by atoms with van der Waals surface area (Å²) >= 11 is 5.80. The molecule has 0 amide bonds. The van der Waals surface area contributed by atoms with Gasteiger partial charge in [-0.2, -0.15) is 0 Å². The summed E-state index contributed by atoms with van der Waals surface area (Å²) in [5, 5.41) is 3.81. The molecule has 1 unspecified atom stereocenters. The van der Waals surface area contributed by atoms with Crippen LogP contribution < -0.4 is 5.32 Å². The molecule has 17 heavy (non-hydrogen) atoms. The molecular weight excluding hydrogens is 237 g/mol. The molecule has 1 aromatic carbocycles. The van der Waals surface area contributed by atoms with Crippen LogP contribution in [0, 0.1) is 11.7 Å². The topological polar surface area (TPSA) is 12.0 Å². The van der Waals surface area contributed by atoms with E-state index in [1.807, 2.05) is 6.07 Å². The van der Waals surface area contributed by atoms with Gasteiger partial charge in [-0.05, 0) is 55.8 Å². The van der Waals surface area contributed by atoms with E-state index in [9.17, 15) is 4.39 Å². The Hall–Kier alpha value is -0.600. The molecule has 1 nitrogen and oxygen atoms in total. The van der Waals surface area contributed by atoms with Crippen LogP contribution >= 0.6 is 11.6 Å². The molecular formula is C14H19ClFN. The van der Waals surface area contributed by atoms with Gasteiger partial charge in [0.2, 0.25) is 0 Å². The fourth-order valence-electron chi connectivity index (χ4n) is 2.15. The van der Waals surface area contributed by atoms with Crippen molar-refractivity contribution in [2.45, 2.75) is 38.6 Å². The van der Waals surface area contributed by atoms with Gasteiger partial charge in [0.15, 0.2) is 0 Å². The average Bonchev–Trinajstić information content (AvgIpc) is 3.13. The minimum Gasteiger partial charge on any atom is -0.313 e. The minimum atomic E-state index is -0.333. The lowest BCUT2D eigenvalue weighted by Gasteiger charge is -2.18. The van der Waals surface area contributed by atoms with Gasteiger partial charge in [-0.25, -0.2) is 4.39 Å². The zero-order valence-electron chi connectivity index (χ0n) is 10.2. The summed E-state index contributed by atoms with van der Waals surface area (Å²) in [4.78, 5) is 0. The maximum absolute atomic E-state index is 13.1. The monoisotopic (exact) mass is 255 g/mol. The van der Waals surface area contributed by atoms with E-state index in [4.69, 9.17) is 11.6 Å². The molecule has 1 aliphatic rings. The highest BCUT2D eigenvalue weighted by Gasteiger charge is 2.30. The second-order valence-corrected chi connectivity index (χ2v) is 5.26. The fraction of sp³-hybridized carbons (Fsp3) is 0.571. The van der Waals surface area contributed by atoms with Gasteiger partial charge >= 0.3 is 0 Å². The number of hydrogen-bond acceptors (Lipinski definition) is 1. The number of benzene rings is 1. The van der Waals surface area contributed by atoms with Crippen LogP contribution in [0.2, 0.25) is 5.02 Å². The summed E-state index contributed by atoms with van der Waals surface area (Å²) in [5.74, 6) is 0.463. The lowest BCUT2D eigenvalue weighted by molar-refractivity contribution is 0.459. The number of halogens is 2. The molecule has 0 spiro atoms. The highest BCUT2D eigenvalue weighted by Crippen LogP contribution is 2.34. The molecule has 0 heterocycles. The molecule has 1 fully saturated rings. The van der Waals surface area contributed by atoms with E-state index < -0.39 is 0 Å². The minimum absolute atomic E-state index is 0.229. The first-order chi connectivity index (χ1) is 8.20. The third kappa shape index (κ3) is 3.68. The first kappa shape index (κ1) is 12.8. The molecule has 2 rings (SSSR count). The number of nitrogens with one attached hydrogen (secondary N) is 1. The van der Waals surface area contributed by atoms with Crippen molar-refractivity contribution in [2.24, 2.45) is 5.92 Å². The van der Waals surface area contributed by atoms with Crippen molar-refractivity contribution in [3.63, 3.8) is 0 Å². The summed E-state index contributed by atoms with van der Waals surface area (Å²) in [6, 6.07) is 5.57. The molecule has 94 valence electrons. The third-order valence-corrected chi connectivity index (χ3v) is 3.58. The second kappa shape index (κ2) is 5.83. The molecule has 1 saturated carbocycles. The van der Waals surface area contributed by atoms with Gasteiger partial charge in [0, 0.05) is 6.04 Å². The molecule has 0 aliphatic heterocycles. The molecule has 0 radical (unpaired) electrons. The maximum Gasteiger partial charge on any atom is 0.141 e. The van der Waals surface area contributed by atoms with Crippen LogP contribution in [0.5, 0.6) is 0 Å². The number of hydrogen-bond donors (Lipinski definition) is 1. The van der Waals surface area contributed by atoms with Crippen LogP contribution in [0.15, 0.2) is 18.2 Å². The summed E-state index contributed by atoms with van der Waals surface area (Å²) in [5.41, 5.74) is 1.12. The Balaban J connectivity index is 1.98. The molecule has 1 N–H and O–H groups in total. The summed E-state index contributed by atoms with van der Waals surface area (Å²) in [6.07, 6.45) is 4.73. The Morgan fingerprint density at radius 2 is 2.24 bits per heavy atom. The average molecular weight is 256 g/mol. The Morgan fingerprint density at radius 1 is 1.47 bits per heavy atom. The van der Waals surface area contributed by atoms with E-state index in [1.54, 1.807) is 6.07 Å². The summed E-state index contributed by atoms with van der Waals surface area (Å²) in [6.45, 7) is 3.22. The van der Waals surface area contributed by atoms with E-state index in [1.165, 1.54) is 18.9 Å². The second-order valence-electron chi connectivity index (χ2n) is 4.85. The largest absolute Gasteiger partial charge is 0.313 e.